The molecule has 1 saturated carbocycles. The van der Waals surface area contributed by atoms with Gasteiger partial charge in [0.25, 0.3) is 0 Å². The van der Waals surface area contributed by atoms with Gasteiger partial charge in [0.15, 0.2) is 0 Å². The van der Waals surface area contributed by atoms with Crippen LogP contribution in [0.5, 0.6) is 0 Å². The maximum atomic E-state index is 3.64. The summed E-state index contributed by atoms with van der Waals surface area (Å²) in [6.45, 7) is 6.81. The summed E-state index contributed by atoms with van der Waals surface area (Å²) in [7, 11) is 0. The molecule has 0 aromatic heterocycles. The molecule has 0 amide bonds. The van der Waals surface area contributed by atoms with E-state index in [9.17, 15) is 0 Å². The molecule has 0 bridgehead atoms. The fourth-order valence-corrected chi connectivity index (χ4v) is 3.69. The molecule has 54 valence electrons. The van der Waals surface area contributed by atoms with Gasteiger partial charge in [-0.3, -0.25) is 0 Å². The molecule has 0 heterocycles. The van der Waals surface area contributed by atoms with Crippen molar-refractivity contribution in [1.82, 2.24) is 0 Å². The third-order valence-corrected chi connectivity index (χ3v) is 4.70. The zero-order valence-corrected chi connectivity index (χ0v) is 9.16. The Morgan fingerprint density at radius 3 is 1.67 bits per heavy atom. The van der Waals surface area contributed by atoms with Gasteiger partial charge < -0.3 is 0 Å². The van der Waals surface area contributed by atoms with E-state index < -0.39 is 0 Å². The van der Waals surface area contributed by atoms with Gasteiger partial charge in [0.05, 0.1) is 3.23 Å². The van der Waals surface area contributed by atoms with Crippen molar-refractivity contribution in [3.63, 3.8) is 0 Å². The molecule has 1 aliphatic rings. The van der Waals surface area contributed by atoms with Crippen molar-refractivity contribution in [3.05, 3.63) is 0 Å². The highest BCUT2D eigenvalue weighted by atomic mass is 79.9. The Balaban J connectivity index is 2.52. The van der Waals surface area contributed by atoms with Crippen LogP contribution in [0.3, 0.4) is 0 Å². The third kappa shape index (κ3) is 1.21. The monoisotopic (exact) mass is 254 g/mol. The highest BCUT2D eigenvalue weighted by molar-refractivity contribution is 9.25. The molecule has 0 aromatic rings. The molecule has 1 fully saturated rings. The van der Waals surface area contributed by atoms with E-state index in [4.69, 9.17) is 0 Å². The molecule has 2 atom stereocenters. The van der Waals surface area contributed by atoms with Crippen LogP contribution in [0.15, 0.2) is 0 Å². The maximum Gasteiger partial charge on any atom is 0.0868 e. The molecule has 2 heteroatoms. The average molecular weight is 256 g/mol. The molecule has 2 unspecified atom stereocenters. The van der Waals surface area contributed by atoms with Crippen LogP contribution in [0.2, 0.25) is 0 Å². The van der Waals surface area contributed by atoms with Gasteiger partial charge >= 0.3 is 0 Å². The lowest BCUT2D eigenvalue weighted by molar-refractivity contribution is 0.530. The van der Waals surface area contributed by atoms with Gasteiger partial charge in [0.1, 0.15) is 0 Å². The Hall–Kier alpha value is 0.960. The fraction of sp³-hybridized carbons (Fsp3) is 1.00. The Labute approximate surface area is 73.7 Å². The SMILES string of the molecule is CC(C)C1C(C)C1(Br)Br. The first-order valence-corrected chi connectivity index (χ1v) is 4.94. The molecular weight excluding hydrogens is 244 g/mol. The molecule has 9 heavy (non-hydrogen) atoms. The van der Waals surface area contributed by atoms with Crippen LogP contribution in [0, 0.1) is 17.8 Å². The van der Waals surface area contributed by atoms with Crippen molar-refractivity contribution >= 4 is 31.9 Å². The molecule has 1 rings (SSSR count). The lowest BCUT2D eigenvalue weighted by atomic mass is 10.1. The van der Waals surface area contributed by atoms with Crippen molar-refractivity contribution in [2.75, 3.05) is 0 Å². The molecule has 0 saturated heterocycles. The van der Waals surface area contributed by atoms with Crippen LogP contribution in [-0.2, 0) is 0 Å². The van der Waals surface area contributed by atoms with Gasteiger partial charge in [0.2, 0.25) is 0 Å². The number of hydrogen-bond acceptors (Lipinski definition) is 0. The number of alkyl halides is 2. The van der Waals surface area contributed by atoms with Crippen molar-refractivity contribution in [3.8, 4) is 0 Å². The summed E-state index contributed by atoms with van der Waals surface area (Å²) in [5, 5.41) is 0. The summed E-state index contributed by atoms with van der Waals surface area (Å²) in [6, 6.07) is 0. The highest BCUT2D eigenvalue weighted by Crippen LogP contribution is 2.64. The van der Waals surface area contributed by atoms with Gasteiger partial charge in [0, 0.05) is 0 Å². The standard InChI is InChI=1S/C7H12Br2/c1-4(2)6-5(3)7(6,8)9/h4-6H,1-3H3. The number of halogens is 2. The van der Waals surface area contributed by atoms with Gasteiger partial charge in [-0.15, -0.1) is 0 Å². The second kappa shape index (κ2) is 2.23. The Morgan fingerprint density at radius 2 is 1.67 bits per heavy atom. The Kier molecular flexibility index (Phi) is 2.00. The van der Waals surface area contributed by atoms with Crippen LogP contribution in [-0.4, -0.2) is 3.23 Å². The van der Waals surface area contributed by atoms with E-state index in [0.717, 1.165) is 17.8 Å². The van der Waals surface area contributed by atoms with E-state index in [1.807, 2.05) is 0 Å². The molecule has 0 aromatic carbocycles. The van der Waals surface area contributed by atoms with Crippen molar-refractivity contribution in [2.24, 2.45) is 17.8 Å². The Morgan fingerprint density at radius 1 is 1.33 bits per heavy atom. The van der Waals surface area contributed by atoms with E-state index >= 15 is 0 Å². The maximum absolute atomic E-state index is 3.64. The van der Waals surface area contributed by atoms with Crippen LogP contribution in [0.4, 0.5) is 0 Å². The second-order valence-corrected chi connectivity index (χ2v) is 6.92. The lowest BCUT2D eigenvalue weighted by Crippen LogP contribution is -1.96. The first-order valence-electron chi connectivity index (χ1n) is 3.35. The van der Waals surface area contributed by atoms with E-state index in [1.54, 1.807) is 0 Å². The zero-order valence-electron chi connectivity index (χ0n) is 5.99. The van der Waals surface area contributed by atoms with Crippen LogP contribution in [0.1, 0.15) is 20.8 Å². The van der Waals surface area contributed by atoms with Gasteiger partial charge in [-0.2, -0.15) is 0 Å². The van der Waals surface area contributed by atoms with Gasteiger partial charge in [-0.1, -0.05) is 52.6 Å². The summed E-state index contributed by atoms with van der Waals surface area (Å²) in [5.74, 6) is 2.40. The molecule has 0 radical (unpaired) electrons. The van der Waals surface area contributed by atoms with Crippen LogP contribution in [0.25, 0.3) is 0 Å². The molecule has 0 nitrogen and oxygen atoms in total. The summed E-state index contributed by atoms with van der Waals surface area (Å²) in [6.07, 6.45) is 0. The predicted octanol–water partition coefficient (Wildman–Crippen LogP) is 3.39. The molecule has 0 N–H and O–H groups in total. The minimum Gasteiger partial charge on any atom is -0.0721 e. The van der Waals surface area contributed by atoms with Crippen molar-refractivity contribution in [2.45, 2.75) is 24.0 Å². The van der Waals surface area contributed by atoms with E-state index in [2.05, 4.69) is 52.6 Å². The predicted molar refractivity (Wildman–Crippen MR) is 48.1 cm³/mol. The van der Waals surface area contributed by atoms with E-state index in [1.165, 1.54) is 0 Å². The fourth-order valence-electron chi connectivity index (χ4n) is 1.53. The zero-order chi connectivity index (χ0) is 7.23. The van der Waals surface area contributed by atoms with Crippen LogP contribution < -0.4 is 0 Å². The molecule has 0 aliphatic heterocycles. The summed E-state index contributed by atoms with van der Waals surface area (Å²) >= 11 is 7.27. The van der Waals surface area contributed by atoms with Gasteiger partial charge in [-0.05, 0) is 17.8 Å². The number of hydrogen-bond donors (Lipinski definition) is 0. The average Bonchev–Trinajstić information content (AvgIpc) is 2.07. The summed E-state index contributed by atoms with van der Waals surface area (Å²) in [4.78, 5) is 0. The smallest absolute Gasteiger partial charge is 0.0721 e. The Bertz CT molecular complexity index is 118. The largest absolute Gasteiger partial charge is 0.0868 e. The molecule has 0 spiro atoms. The molecular formula is C7H12Br2. The third-order valence-electron chi connectivity index (χ3n) is 2.20. The summed E-state index contributed by atoms with van der Waals surface area (Å²) in [5.41, 5.74) is 0. The topological polar surface area (TPSA) is 0 Å². The second-order valence-electron chi connectivity index (χ2n) is 3.23. The first-order chi connectivity index (χ1) is 3.98. The van der Waals surface area contributed by atoms with Crippen molar-refractivity contribution in [1.29, 1.82) is 0 Å². The van der Waals surface area contributed by atoms with E-state index in [0.29, 0.717) is 0 Å². The summed E-state index contributed by atoms with van der Waals surface area (Å²) < 4.78 is 0.272. The quantitative estimate of drug-likeness (QED) is 0.631. The normalized spacial score (nSPS) is 39.3. The van der Waals surface area contributed by atoms with Gasteiger partial charge in [-0.25, -0.2) is 0 Å². The minimum absolute atomic E-state index is 0.272. The number of rotatable bonds is 1. The first kappa shape index (κ1) is 8.06. The van der Waals surface area contributed by atoms with E-state index in [-0.39, 0.29) is 3.23 Å². The minimum atomic E-state index is 0.272. The van der Waals surface area contributed by atoms with Crippen molar-refractivity contribution < 1.29 is 0 Å². The lowest BCUT2D eigenvalue weighted by Gasteiger charge is -2.01. The highest BCUT2D eigenvalue weighted by Gasteiger charge is 2.59. The molecule has 1 aliphatic carbocycles. The van der Waals surface area contributed by atoms with Crippen LogP contribution >= 0.6 is 31.9 Å².